The smallest absolute Gasteiger partial charge is 0.317 e. The zero-order chi connectivity index (χ0) is 11.5. The molecule has 0 saturated carbocycles. The van der Waals surface area contributed by atoms with E-state index in [-0.39, 0.29) is 6.03 Å². The van der Waals surface area contributed by atoms with Crippen LogP contribution in [0.4, 0.5) is 4.79 Å². The fraction of sp³-hybridized carbons (Fsp3) is 0.917. The molecule has 0 aromatic rings. The van der Waals surface area contributed by atoms with Crippen LogP contribution in [0.1, 0.15) is 39.5 Å². The lowest BCUT2D eigenvalue weighted by atomic mass is 9.95. The minimum atomic E-state index is 0.130. The maximum atomic E-state index is 11.9. The highest BCUT2D eigenvalue weighted by atomic mass is 16.2. The number of urea groups is 1. The van der Waals surface area contributed by atoms with Gasteiger partial charge in [0.25, 0.3) is 0 Å². The Morgan fingerprint density at radius 3 is 2.56 bits per heavy atom. The minimum absolute atomic E-state index is 0.130. The van der Waals surface area contributed by atoms with Gasteiger partial charge in [0.15, 0.2) is 0 Å². The molecular weight excluding hydrogens is 202 g/mol. The first kappa shape index (κ1) is 11.7. The summed E-state index contributed by atoms with van der Waals surface area (Å²) in [4.78, 5) is 13.9. The molecule has 2 heterocycles. The molecule has 92 valence electrons. The van der Waals surface area contributed by atoms with Crippen LogP contribution in [0.5, 0.6) is 0 Å². The Bertz CT molecular complexity index is 251. The molecule has 2 amide bonds. The number of hydrogen-bond donors (Lipinski definition) is 2. The Morgan fingerprint density at radius 1 is 1.25 bits per heavy atom. The molecule has 4 heteroatoms. The first-order valence-electron chi connectivity index (χ1n) is 6.48. The number of carbonyl (C=O) groups is 1. The van der Waals surface area contributed by atoms with E-state index in [0.29, 0.717) is 18.1 Å². The number of amides is 2. The Kier molecular flexibility index (Phi) is 3.69. The molecule has 0 spiro atoms. The number of carbonyl (C=O) groups excluding carboxylic acids is 1. The highest BCUT2D eigenvalue weighted by molar-refractivity contribution is 5.74. The Balaban J connectivity index is 1.82. The zero-order valence-electron chi connectivity index (χ0n) is 10.3. The summed E-state index contributed by atoms with van der Waals surface area (Å²) in [5.41, 5.74) is 0. The van der Waals surface area contributed by atoms with Gasteiger partial charge >= 0.3 is 6.03 Å². The van der Waals surface area contributed by atoms with Crippen LogP contribution in [-0.4, -0.2) is 42.1 Å². The van der Waals surface area contributed by atoms with E-state index in [1.807, 2.05) is 4.90 Å². The number of hydrogen-bond acceptors (Lipinski definition) is 2. The van der Waals surface area contributed by atoms with Gasteiger partial charge in [-0.05, 0) is 39.5 Å². The van der Waals surface area contributed by atoms with Crippen molar-refractivity contribution in [1.29, 1.82) is 0 Å². The molecule has 0 radical (unpaired) electrons. The standard InChI is InChI=1S/C12H23N3O/c1-9-5-6-11(10(2)13-9)14-12(16)15-7-3-4-8-15/h9-11,13H,3-8H2,1-2H3,(H,14,16). The second kappa shape index (κ2) is 5.04. The summed E-state index contributed by atoms with van der Waals surface area (Å²) in [6, 6.07) is 1.39. The third kappa shape index (κ3) is 2.67. The highest BCUT2D eigenvalue weighted by Crippen LogP contribution is 2.14. The number of rotatable bonds is 1. The van der Waals surface area contributed by atoms with Crippen molar-refractivity contribution in [3.05, 3.63) is 0 Å². The predicted molar refractivity (Wildman–Crippen MR) is 64.4 cm³/mol. The maximum Gasteiger partial charge on any atom is 0.317 e. The van der Waals surface area contributed by atoms with E-state index >= 15 is 0 Å². The topological polar surface area (TPSA) is 44.4 Å². The van der Waals surface area contributed by atoms with Gasteiger partial charge in [-0.2, -0.15) is 0 Å². The second-order valence-corrected chi connectivity index (χ2v) is 5.18. The number of piperidine rings is 1. The van der Waals surface area contributed by atoms with Crippen LogP contribution in [0.25, 0.3) is 0 Å². The third-order valence-corrected chi connectivity index (χ3v) is 3.76. The van der Waals surface area contributed by atoms with Crippen molar-refractivity contribution < 1.29 is 4.79 Å². The highest BCUT2D eigenvalue weighted by Gasteiger charge is 2.28. The summed E-state index contributed by atoms with van der Waals surface area (Å²) in [7, 11) is 0. The lowest BCUT2D eigenvalue weighted by molar-refractivity contribution is 0.192. The molecular formula is C12H23N3O. The first-order valence-corrected chi connectivity index (χ1v) is 6.48. The molecule has 3 atom stereocenters. The van der Waals surface area contributed by atoms with E-state index in [9.17, 15) is 4.79 Å². The van der Waals surface area contributed by atoms with Crippen LogP contribution >= 0.6 is 0 Å². The molecule has 0 aliphatic carbocycles. The summed E-state index contributed by atoms with van der Waals surface area (Å²) >= 11 is 0. The summed E-state index contributed by atoms with van der Waals surface area (Å²) < 4.78 is 0. The van der Waals surface area contributed by atoms with Crippen molar-refractivity contribution in [2.24, 2.45) is 0 Å². The summed E-state index contributed by atoms with van der Waals surface area (Å²) in [6.07, 6.45) is 4.55. The molecule has 16 heavy (non-hydrogen) atoms. The average Bonchev–Trinajstić information content (AvgIpc) is 2.75. The Labute approximate surface area is 97.8 Å². The second-order valence-electron chi connectivity index (χ2n) is 5.18. The van der Waals surface area contributed by atoms with E-state index in [2.05, 4.69) is 24.5 Å². The largest absolute Gasteiger partial charge is 0.334 e. The van der Waals surface area contributed by atoms with Gasteiger partial charge in [0, 0.05) is 31.2 Å². The summed E-state index contributed by atoms with van der Waals surface area (Å²) in [5, 5.41) is 6.65. The predicted octanol–water partition coefficient (Wildman–Crippen LogP) is 1.32. The van der Waals surface area contributed by atoms with Gasteiger partial charge in [-0.1, -0.05) is 0 Å². The van der Waals surface area contributed by atoms with Crippen molar-refractivity contribution in [3.63, 3.8) is 0 Å². The Morgan fingerprint density at radius 2 is 1.94 bits per heavy atom. The van der Waals surface area contributed by atoms with Gasteiger partial charge in [-0.25, -0.2) is 4.79 Å². The molecule has 0 aromatic heterocycles. The maximum absolute atomic E-state index is 11.9. The van der Waals surface area contributed by atoms with E-state index in [1.54, 1.807) is 0 Å². The number of likely N-dealkylation sites (tertiary alicyclic amines) is 1. The van der Waals surface area contributed by atoms with Crippen molar-refractivity contribution in [3.8, 4) is 0 Å². The van der Waals surface area contributed by atoms with Gasteiger partial charge in [0.2, 0.25) is 0 Å². The third-order valence-electron chi connectivity index (χ3n) is 3.76. The SMILES string of the molecule is CC1CCC(NC(=O)N2CCCC2)C(C)N1. The molecule has 0 aromatic carbocycles. The fourth-order valence-electron chi connectivity index (χ4n) is 2.70. The minimum Gasteiger partial charge on any atom is -0.334 e. The van der Waals surface area contributed by atoms with Gasteiger partial charge in [0.05, 0.1) is 0 Å². The van der Waals surface area contributed by atoms with E-state index < -0.39 is 0 Å². The van der Waals surface area contributed by atoms with Gasteiger partial charge < -0.3 is 15.5 Å². The Hall–Kier alpha value is -0.770. The molecule has 2 rings (SSSR count). The van der Waals surface area contributed by atoms with Crippen molar-refractivity contribution in [2.45, 2.75) is 57.7 Å². The fourth-order valence-corrected chi connectivity index (χ4v) is 2.70. The molecule has 4 nitrogen and oxygen atoms in total. The first-order chi connectivity index (χ1) is 7.66. The van der Waals surface area contributed by atoms with Crippen molar-refractivity contribution in [2.75, 3.05) is 13.1 Å². The molecule has 2 fully saturated rings. The zero-order valence-corrected chi connectivity index (χ0v) is 10.3. The number of nitrogens with one attached hydrogen (secondary N) is 2. The van der Waals surface area contributed by atoms with Crippen LogP contribution < -0.4 is 10.6 Å². The molecule has 2 aliphatic rings. The lowest BCUT2D eigenvalue weighted by Gasteiger charge is -2.35. The molecule has 2 aliphatic heterocycles. The average molecular weight is 225 g/mol. The van der Waals surface area contributed by atoms with E-state index in [1.165, 1.54) is 0 Å². The van der Waals surface area contributed by atoms with Crippen LogP contribution in [0.3, 0.4) is 0 Å². The van der Waals surface area contributed by atoms with Gasteiger partial charge in [-0.3, -0.25) is 0 Å². The molecule has 3 unspecified atom stereocenters. The quantitative estimate of drug-likeness (QED) is 0.707. The van der Waals surface area contributed by atoms with Crippen LogP contribution in [0, 0.1) is 0 Å². The summed E-state index contributed by atoms with van der Waals surface area (Å²) in [6.45, 7) is 6.22. The van der Waals surface area contributed by atoms with Crippen LogP contribution in [-0.2, 0) is 0 Å². The van der Waals surface area contributed by atoms with Gasteiger partial charge in [0.1, 0.15) is 0 Å². The molecule has 2 N–H and O–H groups in total. The van der Waals surface area contributed by atoms with Crippen molar-refractivity contribution >= 4 is 6.03 Å². The van der Waals surface area contributed by atoms with Gasteiger partial charge in [-0.15, -0.1) is 0 Å². The lowest BCUT2D eigenvalue weighted by Crippen LogP contribution is -2.56. The number of nitrogens with zero attached hydrogens (tertiary/aromatic N) is 1. The van der Waals surface area contributed by atoms with Crippen molar-refractivity contribution in [1.82, 2.24) is 15.5 Å². The summed E-state index contributed by atoms with van der Waals surface area (Å²) in [5.74, 6) is 0. The monoisotopic (exact) mass is 225 g/mol. The normalized spacial score (nSPS) is 35.1. The molecule has 2 saturated heterocycles. The molecule has 0 bridgehead atoms. The van der Waals surface area contributed by atoms with Crippen LogP contribution in [0.2, 0.25) is 0 Å². The van der Waals surface area contributed by atoms with Crippen LogP contribution in [0.15, 0.2) is 0 Å². The van der Waals surface area contributed by atoms with E-state index in [4.69, 9.17) is 0 Å². The van der Waals surface area contributed by atoms with E-state index in [0.717, 1.165) is 38.8 Å².